The molecular weight excluding hydrogens is 238 g/mol. The lowest BCUT2D eigenvalue weighted by Crippen LogP contribution is -2.31. The van der Waals surface area contributed by atoms with Crippen LogP contribution in [0, 0.1) is 6.92 Å². The summed E-state index contributed by atoms with van der Waals surface area (Å²) in [7, 11) is -3.20. The summed E-state index contributed by atoms with van der Waals surface area (Å²) in [6.45, 7) is 5.37. The van der Waals surface area contributed by atoms with Gasteiger partial charge in [0.1, 0.15) is 0 Å². The van der Waals surface area contributed by atoms with Crippen molar-refractivity contribution >= 4 is 10.0 Å². The predicted octanol–water partition coefficient (Wildman–Crippen LogP) is 0.419. The van der Waals surface area contributed by atoms with E-state index < -0.39 is 10.0 Å². The Hall–Kier alpha value is -0.980. The molecule has 0 aliphatic rings. The van der Waals surface area contributed by atoms with E-state index in [4.69, 9.17) is 0 Å². The maximum Gasteiger partial charge on any atom is 0.213 e. The van der Waals surface area contributed by atoms with Crippen molar-refractivity contribution in [3.8, 4) is 0 Å². The summed E-state index contributed by atoms with van der Waals surface area (Å²) in [6.07, 6.45) is 1.68. The molecule has 0 aromatic carbocycles. The van der Waals surface area contributed by atoms with E-state index in [9.17, 15) is 8.42 Å². The van der Waals surface area contributed by atoms with Gasteiger partial charge in [0, 0.05) is 25.0 Å². The van der Waals surface area contributed by atoms with Gasteiger partial charge in [-0.05, 0) is 25.1 Å². The third kappa shape index (κ3) is 5.76. The number of pyridine rings is 1. The highest BCUT2D eigenvalue weighted by atomic mass is 32.2. The molecule has 0 saturated carbocycles. The fraction of sp³-hybridized carbons (Fsp3) is 0.545. The van der Waals surface area contributed by atoms with Crippen LogP contribution in [0.1, 0.15) is 18.2 Å². The van der Waals surface area contributed by atoms with Crippen molar-refractivity contribution in [2.75, 3.05) is 18.8 Å². The van der Waals surface area contributed by atoms with E-state index in [1.807, 2.05) is 26.0 Å². The number of hydrogen-bond donors (Lipinski definition) is 2. The molecular formula is C11H19N3O2S. The molecule has 6 heteroatoms. The van der Waals surface area contributed by atoms with E-state index in [2.05, 4.69) is 15.0 Å². The third-order valence-corrected chi connectivity index (χ3v) is 3.59. The van der Waals surface area contributed by atoms with Crippen LogP contribution >= 0.6 is 0 Å². The minimum absolute atomic E-state index is 0.0974. The van der Waals surface area contributed by atoms with Gasteiger partial charge in [-0.1, -0.05) is 13.0 Å². The highest BCUT2D eigenvalue weighted by Gasteiger charge is 2.08. The fourth-order valence-electron chi connectivity index (χ4n) is 1.25. The average molecular weight is 257 g/mol. The van der Waals surface area contributed by atoms with Gasteiger partial charge in [0.2, 0.25) is 10.0 Å². The third-order valence-electron chi connectivity index (χ3n) is 2.27. The Labute approximate surface area is 103 Å². The number of aromatic nitrogens is 1. The molecule has 0 amide bonds. The van der Waals surface area contributed by atoms with Gasteiger partial charge in [-0.2, -0.15) is 0 Å². The first-order valence-electron chi connectivity index (χ1n) is 5.63. The Morgan fingerprint density at radius 2 is 2.12 bits per heavy atom. The van der Waals surface area contributed by atoms with Crippen LogP contribution < -0.4 is 10.0 Å². The van der Waals surface area contributed by atoms with Gasteiger partial charge < -0.3 is 5.32 Å². The maximum absolute atomic E-state index is 11.6. The van der Waals surface area contributed by atoms with Crippen LogP contribution in [-0.2, 0) is 16.6 Å². The number of aryl methyl sites for hydroxylation is 1. The van der Waals surface area contributed by atoms with Gasteiger partial charge >= 0.3 is 0 Å². The van der Waals surface area contributed by atoms with Crippen LogP contribution in [0.15, 0.2) is 18.3 Å². The molecule has 0 bridgehead atoms. The van der Waals surface area contributed by atoms with Gasteiger partial charge in [0.25, 0.3) is 0 Å². The second kappa shape index (κ2) is 6.68. The Morgan fingerprint density at radius 3 is 2.71 bits per heavy atom. The minimum Gasteiger partial charge on any atom is -0.316 e. The summed E-state index contributed by atoms with van der Waals surface area (Å²) in [6, 6.07) is 3.73. The number of nitrogens with one attached hydrogen (secondary N) is 2. The molecule has 0 fully saturated rings. The lowest BCUT2D eigenvalue weighted by Gasteiger charge is -2.07. The van der Waals surface area contributed by atoms with Crippen LogP contribution in [-0.4, -0.2) is 32.2 Å². The number of rotatable bonds is 7. The summed E-state index contributed by atoms with van der Waals surface area (Å²) >= 11 is 0. The molecule has 5 nitrogen and oxygen atoms in total. The van der Waals surface area contributed by atoms with Crippen LogP contribution in [0.2, 0.25) is 0 Å². The first-order chi connectivity index (χ1) is 8.03. The Balaban J connectivity index is 2.41. The monoisotopic (exact) mass is 257 g/mol. The van der Waals surface area contributed by atoms with Gasteiger partial charge in [-0.25, -0.2) is 13.1 Å². The smallest absolute Gasteiger partial charge is 0.213 e. The van der Waals surface area contributed by atoms with Crippen molar-refractivity contribution < 1.29 is 8.42 Å². The summed E-state index contributed by atoms with van der Waals surface area (Å²) in [4.78, 5) is 4.11. The van der Waals surface area contributed by atoms with Crippen molar-refractivity contribution in [2.24, 2.45) is 0 Å². The van der Waals surface area contributed by atoms with Crippen LogP contribution in [0.25, 0.3) is 0 Å². The second-order valence-corrected chi connectivity index (χ2v) is 5.73. The van der Waals surface area contributed by atoms with E-state index in [0.717, 1.165) is 17.8 Å². The highest BCUT2D eigenvalue weighted by Crippen LogP contribution is 1.99. The van der Waals surface area contributed by atoms with E-state index in [-0.39, 0.29) is 5.75 Å². The normalized spacial score (nSPS) is 11.6. The molecule has 0 unspecified atom stereocenters. The second-order valence-electron chi connectivity index (χ2n) is 3.80. The number of hydrogen-bond acceptors (Lipinski definition) is 4. The molecule has 0 radical (unpaired) electrons. The Kier molecular flexibility index (Phi) is 5.54. The zero-order chi connectivity index (χ0) is 12.7. The first kappa shape index (κ1) is 14.1. The molecule has 2 N–H and O–H groups in total. The van der Waals surface area contributed by atoms with Crippen LogP contribution in [0.5, 0.6) is 0 Å². The van der Waals surface area contributed by atoms with Crippen molar-refractivity contribution in [3.05, 3.63) is 29.6 Å². The van der Waals surface area contributed by atoms with Crippen molar-refractivity contribution in [1.29, 1.82) is 0 Å². The number of sulfonamides is 1. The standard InChI is InChI=1S/C11H19N3O2S/c1-3-12-6-7-17(15,16)14-9-11-5-4-10(2)13-8-11/h4-5,8,12,14H,3,6-7,9H2,1-2H3. The summed E-state index contributed by atoms with van der Waals surface area (Å²) < 4.78 is 25.7. The molecule has 1 aromatic rings. The van der Waals surface area contributed by atoms with E-state index in [1.165, 1.54) is 0 Å². The Morgan fingerprint density at radius 1 is 1.35 bits per heavy atom. The Bertz CT molecular complexity index is 429. The van der Waals surface area contributed by atoms with E-state index in [1.54, 1.807) is 6.20 Å². The lowest BCUT2D eigenvalue weighted by molar-refractivity contribution is 0.577. The van der Waals surface area contributed by atoms with E-state index in [0.29, 0.717) is 13.1 Å². The molecule has 0 saturated heterocycles. The highest BCUT2D eigenvalue weighted by molar-refractivity contribution is 7.89. The minimum atomic E-state index is -3.20. The van der Waals surface area contributed by atoms with Gasteiger partial charge in [-0.15, -0.1) is 0 Å². The molecule has 1 heterocycles. The topological polar surface area (TPSA) is 71.1 Å². The average Bonchev–Trinajstić information content (AvgIpc) is 2.29. The zero-order valence-corrected chi connectivity index (χ0v) is 11.0. The van der Waals surface area contributed by atoms with Gasteiger partial charge in [-0.3, -0.25) is 4.98 Å². The van der Waals surface area contributed by atoms with Crippen LogP contribution in [0.4, 0.5) is 0 Å². The quantitative estimate of drug-likeness (QED) is 0.694. The zero-order valence-electron chi connectivity index (χ0n) is 10.2. The van der Waals surface area contributed by atoms with Gasteiger partial charge in [0.15, 0.2) is 0 Å². The predicted molar refractivity (Wildman–Crippen MR) is 68.1 cm³/mol. The molecule has 0 atom stereocenters. The molecule has 96 valence electrons. The molecule has 0 aliphatic carbocycles. The van der Waals surface area contributed by atoms with Gasteiger partial charge in [0.05, 0.1) is 5.75 Å². The summed E-state index contributed by atoms with van der Waals surface area (Å²) in [5, 5.41) is 2.98. The summed E-state index contributed by atoms with van der Waals surface area (Å²) in [5.41, 5.74) is 1.78. The summed E-state index contributed by atoms with van der Waals surface area (Å²) in [5.74, 6) is 0.0974. The molecule has 0 aliphatic heterocycles. The molecule has 1 rings (SSSR count). The number of nitrogens with zero attached hydrogens (tertiary/aromatic N) is 1. The van der Waals surface area contributed by atoms with E-state index >= 15 is 0 Å². The molecule has 17 heavy (non-hydrogen) atoms. The molecule has 0 spiro atoms. The lowest BCUT2D eigenvalue weighted by atomic mass is 10.2. The van der Waals surface area contributed by atoms with Crippen LogP contribution in [0.3, 0.4) is 0 Å². The van der Waals surface area contributed by atoms with Crippen molar-refractivity contribution in [1.82, 2.24) is 15.0 Å². The SMILES string of the molecule is CCNCCS(=O)(=O)NCc1ccc(C)nc1. The van der Waals surface area contributed by atoms with Crippen molar-refractivity contribution in [3.63, 3.8) is 0 Å². The first-order valence-corrected chi connectivity index (χ1v) is 7.28. The largest absolute Gasteiger partial charge is 0.316 e. The van der Waals surface area contributed by atoms with Crippen molar-refractivity contribution in [2.45, 2.75) is 20.4 Å². The fourth-order valence-corrected chi connectivity index (χ4v) is 2.20. The molecule has 1 aromatic heterocycles. The maximum atomic E-state index is 11.6.